The summed E-state index contributed by atoms with van der Waals surface area (Å²) in [5.41, 5.74) is 6.68. The van der Waals surface area contributed by atoms with E-state index < -0.39 is 11.4 Å². The van der Waals surface area contributed by atoms with Crippen LogP contribution in [0.2, 0.25) is 0 Å². The molecule has 22 heavy (non-hydrogen) atoms. The molecule has 1 aromatic carbocycles. The molecule has 0 spiro atoms. The lowest BCUT2D eigenvalue weighted by Crippen LogP contribution is -2.33. The summed E-state index contributed by atoms with van der Waals surface area (Å²) in [5.74, 6) is -0.679. The van der Waals surface area contributed by atoms with Gasteiger partial charge in [0.05, 0.1) is 11.5 Å². The van der Waals surface area contributed by atoms with E-state index in [1.807, 2.05) is 0 Å². The Morgan fingerprint density at radius 1 is 1.41 bits per heavy atom. The third-order valence-corrected chi connectivity index (χ3v) is 4.23. The van der Waals surface area contributed by atoms with Gasteiger partial charge >= 0.3 is 5.97 Å². The smallest absolute Gasteiger partial charge is 0.309 e. The van der Waals surface area contributed by atoms with Gasteiger partial charge in [0.1, 0.15) is 5.82 Å². The maximum atomic E-state index is 13.0. The first-order valence-corrected chi connectivity index (χ1v) is 7.58. The van der Waals surface area contributed by atoms with Crippen molar-refractivity contribution < 1.29 is 14.3 Å². The number of hydrazine groups is 1. The van der Waals surface area contributed by atoms with Crippen molar-refractivity contribution in [1.82, 2.24) is 16.2 Å². The summed E-state index contributed by atoms with van der Waals surface area (Å²) in [5, 5.41) is 12.4. The molecule has 1 aliphatic rings. The maximum Gasteiger partial charge on any atom is 0.309 e. The number of carbonyl (C=O) groups is 1. The first kappa shape index (κ1) is 16.9. The van der Waals surface area contributed by atoms with Crippen LogP contribution in [0.5, 0.6) is 0 Å². The average molecular weight is 309 g/mol. The van der Waals surface area contributed by atoms with Crippen molar-refractivity contribution in [3.63, 3.8) is 0 Å². The molecule has 1 aliphatic heterocycles. The van der Waals surface area contributed by atoms with Crippen molar-refractivity contribution in [3.05, 3.63) is 35.6 Å². The van der Waals surface area contributed by atoms with E-state index in [1.54, 1.807) is 26.0 Å². The first-order chi connectivity index (χ1) is 10.4. The van der Waals surface area contributed by atoms with Crippen LogP contribution in [0, 0.1) is 17.2 Å². The van der Waals surface area contributed by atoms with Crippen LogP contribution in [0.3, 0.4) is 0 Å². The van der Waals surface area contributed by atoms with Crippen LogP contribution >= 0.6 is 0 Å². The van der Waals surface area contributed by atoms with E-state index in [2.05, 4.69) is 16.2 Å². The van der Waals surface area contributed by atoms with Crippen LogP contribution in [-0.4, -0.2) is 30.7 Å². The Hall–Kier alpha value is -1.50. The van der Waals surface area contributed by atoms with E-state index >= 15 is 0 Å². The number of halogens is 1. The Kier molecular flexibility index (Phi) is 5.50. The summed E-state index contributed by atoms with van der Waals surface area (Å²) in [6.45, 7) is 5.72. The van der Waals surface area contributed by atoms with E-state index in [9.17, 15) is 9.18 Å². The number of carboxylic acid groups (broad SMARTS) is 1. The predicted molar refractivity (Wildman–Crippen MR) is 82.7 cm³/mol. The van der Waals surface area contributed by atoms with Gasteiger partial charge in [0.25, 0.3) is 0 Å². The van der Waals surface area contributed by atoms with E-state index in [4.69, 9.17) is 5.11 Å². The van der Waals surface area contributed by atoms with Crippen LogP contribution in [0.4, 0.5) is 4.39 Å². The van der Waals surface area contributed by atoms with Gasteiger partial charge < -0.3 is 10.4 Å². The Labute approximate surface area is 130 Å². The molecule has 5 nitrogen and oxygen atoms in total. The molecule has 1 saturated heterocycles. The SMILES string of the molecule is CC(C)(CCNCC1CNNC1c1ccc(F)cc1)C(=O)O. The van der Waals surface area contributed by atoms with Gasteiger partial charge in [0.2, 0.25) is 0 Å². The quantitative estimate of drug-likeness (QED) is 0.577. The number of hydrogen-bond donors (Lipinski definition) is 4. The molecular formula is C16H24FN3O2. The van der Waals surface area contributed by atoms with Crippen molar-refractivity contribution in [2.75, 3.05) is 19.6 Å². The molecule has 6 heteroatoms. The second kappa shape index (κ2) is 7.17. The lowest BCUT2D eigenvalue weighted by Gasteiger charge is -2.22. The fraction of sp³-hybridized carbons (Fsp3) is 0.562. The molecule has 1 heterocycles. The van der Waals surface area contributed by atoms with Gasteiger partial charge in [-0.1, -0.05) is 12.1 Å². The second-order valence-corrected chi connectivity index (χ2v) is 6.46. The summed E-state index contributed by atoms with van der Waals surface area (Å²) < 4.78 is 13.0. The number of rotatable bonds is 7. The van der Waals surface area contributed by atoms with Crippen LogP contribution in [0.15, 0.2) is 24.3 Å². The van der Waals surface area contributed by atoms with Gasteiger partial charge in [0, 0.05) is 19.0 Å². The largest absolute Gasteiger partial charge is 0.481 e. The van der Waals surface area contributed by atoms with E-state index in [-0.39, 0.29) is 11.9 Å². The number of aliphatic carboxylic acids is 1. The van der Waals surface area contributed by atoms with Gasteiger partial charge in [-0.15, -0.1) is 0 Å². The highest BCUT2D eigenvalue weighted by Crippen LogP contribution is 2.25. The molecule has 2 unspecified atom stereocenters. The van der Waals surface area contributed by atoms with Gasteiger partial charge in [-0.05, 0) is 44.5 Å². The summed E-state index contributed by atoms with van der Waals surface area (Å²) in [6.07, 6.45) is 0.580. The first-order valence-electron chi connectivity index (χ1n) is 7.58. The molecule has 1 aromatic rings. The summed E-state index contributed by atoms with van der Waals surface area (Å²) >= 11 is 0. The van der Waals surface area contributed by atoms with Gasteiger partial charge in [-0.3, -0.25) is 10.2 Å². The average Bonchev–Trinajstić information content (AvgIpc) is 2.92. The van der Waals surface area contributed by atoms with Gasteiger partial charge in [0.15, 0.2) is 0 Å². The Bertz CT molecular complexity index is 505. The van der Waals surface area contributed by atoms with Gasteiger partial charge in [-0.2, -0.15) is 0 Å². The van der Waals surface area contributed by atoms with Crippen molar-refractivity contribution in [3.8, 4) is 0 Å². The Balaban J connectivity index is 1.82. The molecule has 0 bridgehead atoms. The van der Waals surface area contributed by atoms with Crippen molar-refractivity contribution in [2.45, 2.75) is 26.3 Å². The van der Waals surface area contributed by atoms with Crippen molar-refractivity contribution in [1.29, 1.82) is 0 Å². The Morgan fingerprint density at radius 2 is 2.09 bits per heavy atom. The minimum atomic E-state index is -0.775. The number of hydrogen-bond acceptors (Lipinski definition) is 4. The highest BCUT2D eigenvalue weighted by atomic mass is 19.1. The highest BCUT2D eigenvalue weighted by molar-refractivity contribution is 5.73. The minimum absolute atomic E-state index is 0.126. The molecule has 2 rings (SSSR count). The number of benzene rings is 1. The lowest BCUT2D eigenvalue weighted by molar-refractivity contribution is -0.147. The summed E-state index contributed by atoms with van der Waals surface area (Å²) in [4.78, 5) is 11.1. The van der Waals surface area contributed by atoms with Crippen molar-refractivity contribution in [2.24, 2.45) is 11.3 Å². The zero-order chi connectivity index (χ0) is 16.2. The fourth-order valence-corrected chi connectivity index (χ4v) is 2.55. The Morgan fingerprint density at radius 3 is 2.73 bits per heavy atom. The minimum Gasteiger partial charge on any atom is -0.481 e. The molecule has 0 saturated carbocycles. The highest BCUT2D eigenvalue weighted by Gasteiger charge is 2.29. The van der Waals surface area contributed by atoms with E-state index in [0.29, 0.717) is 18.9 Å². The van der Waals surface area contributed by atoms with E-state index in [1.165, 1.54) is 12.1 Å². The zero-order valence-corrected chi connectivity index (χ0v) is 13.0. The molecule has 2 atom stereocenters. The number of nitrogens with one attached hydrogen (secondary N) is 3. The molecule has 122 valence electrons. The van der Waals surface area contributed by atoms with Crippen LogP contribution in [0.1, 0.15) is 31.9 Å². The number of carboxylic acids is 1. The predicted octanol–water partition coefficient (Wildman–Crippen LogP) is 1.68. The van der Waals surface area contributed by atoms with Crippen LogP contribution in [0.25, 0.3) is 0 Å². The summed E-state index contributed by atoms with van der Waals surface area (Å²) in [6, 6.07) is 6.64. The van der Waals surface area contributed by atoms with Gasteiger partial charge in [-0.25, -0.2) is 9.82 Å². The topological polar surface area (TPSA) is 73.4 Å². The molecule has 0 aromatic heterocycles. The maximum absolute atomic E-state index is 13.0. The van der Waals surface area contributed by atoms with Crippen LogP contribution < -0.4 is 16.2 Å². The standard InChI is InChI=1S/C16H24FN3O2/c1-16(2,15(21)22)7-8-18-9-12-10-19-20-14(12)11-3-5-13(17)6-4-11/h3-6,12,14,18-20H,7-10H2,1-2H3,(H,21,22). The monoisotopic (exact) mass is 309 g/mol. The van der Waals surface area contributed by atoms with Crippen LogP contribution in [-0.2, 0) is 4.79 Å². The molecule has 0 radical (unpaired) electrons. The molecule has 0 amide bonds. The molecule has 0 aliphatic carbocycles. The fourth-order valence-electron chi connectivity index (χ4n) is 2.55. The third-order valence-electron chi connectivity index (χ3n) is 4.23. The normalized spacial score (nSPS) is 22.0. The third kappa shape index (κ3) is 4.25. The van der Waals surface area contributed by atoms with E-state index in [0.717, 1.165) is 18.7 Å². The molecule has 4 N–H and O–H groups in total. The van der Waals surface area contributed by atoms with Crippen molar-refractivity contribution >= 4 is 5.97 Å². The lowest BCUT2D eigenvalue weighted by atomic mass is 9.89. The zero-order valence-electron chi connectivity index (χ0n) is 13.0. The summed E-state index contributed by atoms with van der Waals surface area (Å²) in [7, 11) is 0. The molecular weight excluding hydrogens is 285 g/mol. The molecule has 1 fully saturated rings. The second-order valence-electron chi connectivity index (χ2n) is 6.46.